The van der Waals surface area contributed by atoms with Gasteiger partial charge in [-0.25, -0.2) is 4.98 Å². The van der Waals surface area contributed by atoms with Gasteiger partial charge in [0.2, 0.25) is 5.88 Å². The molecule has 2 rings (SSSR count). The number of rotatable bonds is 1. The Labute approximate surface area is 85.4 Å². The second kappa shape index (κ2) is 3.22. The van der Waals surface area contributed by atoms with Crippen LogP contribution in [0.4, 0.5) is 0 Å². The summed E-state index contributed by atoms with van der Waals surface area (Å²) < 4.78 is -0.0132. The lowest BCUT2D eigenvalue weighted by Gasteiger charge is -1.97. The van der Waals surface area contributed by atoms with Gasteiger partial charge in [0.1, 0.15) is 10.8 Å². The molecule has 2 aromatic heterocycles. The van der Waals surface area contributed by atoms with Gasteiger partial charge in [-0.05, 0) is 15.9 Å². The van der Waals surface area contributed by atoms with E-state index in [-0.39, 0.29) is 22.0 Å². The van der Waals surface area contributed by atoms with Crippen molar-refractivity contribution in [2.45, 2.75) is 0 Å². The van der Waals surface area contributed by atoms with Crippen LogP contribution >= 0.6 is 15.9 Å². The summed E-state index contributed by atoms with van der Waals surface area (Å²) in [6, 6.07) is 0. The third kappa shape index (κ3) is 1.39. The number of aromatic hydroxyl groups is 1. The number of nitrogens with one attached hydrogen (secondary N) is 2. The quantitative estimate of drug-likeness (QED) is 0.668. The van der Waals surface area contributed by atoms with Gasteiger partial charge >= 0.3 is 0 Å². The van der Waals surface area contributed by atoms with Crippen molar-refractivity contribution in [3.05, 3.63) is 21.2 Å². The molecule has 0 aliphatic heterocycles. The number of hydrogen-bond donors (Lipinski definition) is 3. The van der Waals surface area contributed by atoms with Crippen LogP contribution in [0.15, 0.2) is 15.6 Å². The summed E-state index contributed by atoms with van der Waals surface area (Å²) in [4.78, 5) is 21.1. The van der Waals surface area contributed by atoms with Crippen molar-refractivity contribution < 1.29 is 5.11 Å². The van der Waals surface area contributed by atoms with Crippen LogP contribution in [0.25, 0.3) is 11.6 Å². The second-order valence-electron chi connectivity index (χ2n) is 2.39. The van der Waals surface area contributed by atoms with Gasteiger partial charge in [0, 0.05) is 0 Å². The molecule has 72 valence electrons. The number of halogens is 1. The molecule has 14 heavy (non-hydrogen) atoms. The molecule has 0 saturated carbocycles. The highest BCUT2D eigenvalue weighted by atomic mass is 79.9. The Bertz CT molecular complexity index is 505. The molecule has 2 heterocycles. The van der Waals surface area contributed by atoms with E-state index in [1.807, 2.05) is 0 Å². The fourth-order valence-electron chi connectivity index (χ4n) is 0.879. The molecule has 0 amide bonds. The molecular weight excluding hydrogens is 254 g/mol. The first kappa shape index (κ1) is 8.88. The van der Waals surface area contributed by atoms with Crippen molar-refractivity contribution in [2.24, 2.45) is 0 Å². The molecule has 0 atom stereocenters. The van der Waals surface area contributed by atoms with Gasteiger partial charge in [-0.2, -0.15) is 10.1 Å². The largest absolute Gasteiger partial charge is 0.492 e. The second-order valence-corrected chi connectivity index (χ2v) is 3.18. The third-order valence-electron chi connectivity index (χ3n) is 1.48. The first-order valence-electron chi connectivity index (χ1n) is 3.53. The smallest absolute Gasteiger partial charge is 0.269 e. The predicted molar refractivity (Wildman–Crippen MR) is 49.6 cm³/mol. The Hall–Kier alpha value is -1.70. The van der Waals surface area contributed by atoms with Crippen LogP contribution in [0.5, 0.6) is 5.88 Å². The van der Waals surface area contributed by atoms with E-state index in [4.69, 9.17) is 0 Å². The number of aromatic nitrogens is 5. The molecule has 0 aliphatic carbocycles. The summed E-state index contributed by atoms with van der Waals surface area (Å²) in [5.41, 5.74) is -0.482. The van der Waals surface area contributed by atoms with Crippen LogP contribution in [0, 0.1) is 0 Å². The molecule has 0 unspecified atom stereocenters. The SMILES string of the molecule is O=c1[nH]c(-c2ncn[nH]2)nc(O)c1Br. The van der Waals surface area contributed by atoms with Gasteiger partial charge in [-0.1, -0.05) is 0 Å². The molecule has 0 fully saturated rings. The topological polar surface area (TPSA) is 108 Å². The average Bonchev–Trinajstić information content (AvgIpc) is 2.66. The van der Waals surface area contributed by atoms with Crippen molar-refractivity contribution in [2.75, 3.05) is 0 Å². The van der Waals surface area contributed by atoms with Crippen LogP contribution in [0.2, 0.25) is 0 Å². The highest BCUT2D eigenvalue weighted by Crippen LogP contribution is 2.17. The van der Waals surface area contributed by atoms with E-state index in [1.54, 1.807) is 0 Å². The molecular formula is C6H4BrN5O2. The van der Waals surface area contributed by atoms with Gasteiger partial charge in [0.05, 0.1) is 0 Å². The van der Waals surface area contributed by atoms with Gasteiger partial charge < -0.3 is 10.1 Å². The van der Waals surface area contributed by atoms with E-state index in [2.05, 4.69) is 41.1 Å². The number of hydrogen-bond acceptors (Lipinski definition) is 5. The highest BCUT2D eigenvalue weighted by Gasteiger charge is 2.10. The van der Waals surface area contributed by atoms with E-state index in [9.17, 15) is 9.90 Å². The van der Waals surface area contributed by atoms with Crippen LogP contribution in [0.1, 0.15) is 0 Å². The molecule has 0 saturated heterocycles. The molecule has 3 N–H and O–H groups in total. The van der Waals surface area contributed by atoms with Crippen LogP contribution < -0.4 is 5.56 Å². The van der Waals surface area contributed by atoms with Gasteiger partial charge in [-0.15, -0.1) is 0 Å². The Balaban J connectivity index is 2.63. The average molecular weight is 258 g/mol. The standard InChI is InChI=1S/C6H4BrN5O2/c7-2-5(13)10-4(11-6(2)14)3-8-1-9-12-3/h1H,(H,8,9,12)(H2,10,11,13,14). The maximum absolute atomic E-state index is 11.2. The zero-order valence-electron chi connectivity index (χ0n) is 6.65. The minimum absolute atomic E-state index is 0.0132. The summed E-state index contributed by atoms with van der Waals surface area (Å²) >= 11 is 2.87. The van der Waals surface area contributed by atoms with E-state index in [0.29, 0.717) is 0 Å². The van der Waals surface area contributed by atoms with E-state index >= 15 is 0 Å². The highest BCUT2D eigenvalue weighted by molar-refractivity contribution is 9.10. The summed E-state index contributed by atoms with van der Waals surface area (Å²) in [7, 11) is 0. The van der Waals surface area contributed by atoms with Crippen LogP contribution in [-0.2, 0) is 0 Å². The lowest BCUT2D eigenvalue weighted by molar-refractivity contribution is 0.447. The van der Waals surface area contributed by atoms with Gasteiger partial charge in [0.25, 0.3) is 5.56 Å². The molecule has 7 nitrogen and oxygen atoms in total. The van der Waals surface area contributed by atoms with Crippen molar-refractivity contribution in [3.8, 4) is 17.5 Å². The minimum Gasteiger partial charge on any atom is -0.492 e. The maximum atomic E-state index is 11.2. The Morgan fingerprint density at radius 3 is 2.79 bits per heavy atom. The Morgan fingerprint density at radius 2 is 2.21 bits per heavy atom. The number of aromatic amines is 2. The summed E-state index contributed by atoms with van der Waals surface area (Å²) in [6.45, 7) is 0. The monoisotopic (exact) mass is 257 g/mol. The van der Waals surface area contributed by atoms with E-state index in [0.717, 1.165) is 0 Å². The Morgan fingerprint density at radius 1 is 1.43 bits per heavy atom. The molecule has 0 aliphatic rings. The van der Waals surface area contributed by atoms with Crippen molar-refractivity contribution in [3.63, 3.8) is 0 Å². The third-order valence-corrected chi connectivity index (χ3v) is 2.20. The lowest BCUT2D eigenvalue weighted by Crippen LogP contribution is -2.10. The zero-order valence-corrected chi connectivity index (χ0v) is 8.24. The van der Waals surface area contributed by atoms with Crippen molar-refractivity contribution >= 4 is 15.9 Å². The van der Waals surface area contributed by atoms with Crippen LogP contribution in [0.3, 0.4) is 0 Å². The fraction of sp³-hybridized carbons (Fsp3) is 0. The molecule has 0 spiro atoms. The molecule has 8 heteroatoms. The summed E-state index contributed by atoms with van der Waals surface area (Å²) in [6.07, 6.45) is 1.27. The summed E-state index contributed by atoms with van der Waals surface area (Å²) in [5, 5.41) is 15.3. The van der Waals surface area contributed by atoms with Crippen LogP contribution in [-0.4, -0.2) is 30.3 Å². The molecule has 0 aromatic carbocycles. The fourth-order valence-corrected chi connectivity index (χ4v) is 1.07. The Kier molecular flexibility index (Phi) is 2.04. The zero-order chi connectivity index (χ0) is 10.1. The van der Waals surface area contributed by atoms with Gasteiger partial charge in [-0.3, -0.25) is 9.89 Å². The molecule has 2 aromatic rings. The summed E-state index contributed by atoms with van der Waals surface area (Å²) in [5.74, 6) is 0.0262. The lowest BCUT2D eigenvalue weighted by atomic mass is 10.5. The van der Waals surface area contributed by atoms with E-state index < -0.39 is 5.56 Å². The predicted octanol–water partition coefficient (Wildman–Crippen LogP) is 0.0231. The normalized spacial score (nSPS) is 10.4. The number of H-pyrrole nitrogens is 2. The molecule has 0 bridgehead atoms. The minimum atomic E-state index is -0.482. The first-order chi connectivity index (χ1) is 6.68. The van der Waals surface area contributed by atoms with Gasteiger partial charge in [0.15, 0.2) is 11.6 Å². The number of nitrogens with zero attached hydrogens (tertiary/aromatic N) is 3. The van der Waals surface area contributed by atoms with Crippen molar-refractivity contribution in [1.29, 1.82) is 0 Å². The molecule has 0 radical (unpaired) electrons. The first-order valence-corrected chi connectivity index (χ1v) is 4.32. The maximum Gasteiger partial charge on any atom is 0.269 e. The van der Waals surface area contributed by atoms with Crippen molar-refractivity contribution in [1.82, 2.24) is 25.1 Å². The van der Waals surface area contributed by atoms with E-state index in [1.165, 1.54) is 6.33 Å².